The highest BCUT2D eigenvalue weighted by Crippen LogP contribution is 2.15. The zero-order valence-corrected chi connectivity index (χ0v) is 10.9. The van der Waals surface area contributed by atoms with Crippen LogP contribution in [0.4, 0.5) is 0 Å². The van der Waals surface area contributed by atoms with Gasteiger partial charge in [-0.1, -0.05) is 23.7 Å². The minimum Gasteiger partial charge on any atom is -0.341 e. The molecule has 1 atom stereocenters. The standard InChI is InChI=1S/C13H15ClN2O2/c1-9(13(18)16-7-4-8-16)15-12(17)10-5-2-3-6-11(10)14/h2-3,5-6,9H,4,7-8H2,1H3,(H,15,17). The Morgan fingerprint density at radius 2 is 2.00 bits per heavy atom. The molecule has 1 heterocycles. The first-order valence-corrected chi connectivity index (χ1v) is 6.31. The Morgan fingerprint density at radius 1 is 1.33 bits per heavy atom. The fourth-order valence-corrected chi connectivity index (χ4v) is 2.01. The van der Waals surface area contributed by atoms with Crippen molar-refractivity contribution < 1.29 is 9.59 Å². The summed E-state index contributed by atoms with van der Waals surface area (Å²) >= 11 is 5.93. The van der Waals surface area contributed by atoms with Gasteiger partial charge in [0.1, 0.15) is 6.04 Å². The molecule has 0 aliphatic carbocycles. The van der Waals surface area contributed by atoms with Crippen molar-refractivity contribution in [1.82, 2.24) is 10.2 Å². The minimum atomic E-state index is -0.519. The summed E-state index contributed by atoms with van der Waals surface area (Å²) in [6.45, 7) is 3.26. The molecule has 1 aliphatic rings. The Kier molecular flexibility index (Phi) is 3.87. The largest absolute Gasteiger partial charge is 0.341 e. The smallest absolute Gasteiger partial charge is 0.253 e. The highest BCUT2D eigenvalue weighted by atomic mass is 35.5. The SMILES string of the molecule is CC(NC(=O)c1ccccc1Cl)C(=O)N1CCC1. The van der Waals surface area contributed by atoms with E-state index in [0.717, 1.165) is 19.5 Å². The summed E-state index contributed by atoms with van der Waals surface area (Å²) in [7, 11) is 0. The second-order valence-electron chi connectivity index (χ2n) is 4.35. The summed E-state index contributed by atoms with van der Waals surface area (Å²) in [5.74, 6) is -0.358. The van der Waals surface area contributed by atoms with Gasteiger partial charge in [-0.2, -0.15) is 0 Å². The third-order valence-corrected chi connectivity index (χ3v) is 3.33. The van der Waals surface area contributed by atoms with Gasteiger partial charge in [0.05, 0.1) is 10.6 Å². The van der Waals surface area contributed by atoms with Crippen molar-refractivity contribution in [2.24, 2.45) is 0 Å². The van der Waals surface area contributed by atoms with E-state index in [0.29, 0.717) is 10.6 Å². The molecule has 1 saturated heterocycles. The van der Waals surface area contributed by atoms with Crippen LogP contribution in [-0.4, -0.2) is 35.8 Å². The number of nitrogens with zero attached hydrogens (tertiary/aromatic N) is 1. The van der Waals surface area contributed by atoms with E-state index in [4.69, 9.17) is 11.6 Å². The van der Waals surface area contributed by atoms with Crippen LogP contribution in [0.3, 0.4) is 0 Å². The summed E-state index contributed by atoms with van der Waals surface area (Å²) in [6, 6.07) is 6.27. The predicted molar refractivity (Wildman–Crippen MR) is 69.6 cm³/mol. The van der Waals surface area contributed by atoms with E-state index in [1.165, 1.54) is 0 Å². The third kappa shape index (κ3) is 2.64. The molecule has 2 amide bonds. The van der Waals surface area contributed by atoms with Crippen molar-refractivity contribution >= 4 is 23.4 Å². The molecular weight excluding hydrogens is 252 g/mol. The highest BCUT2D eigenvalue weighted by molar-refractivity contribution is 6.33. The molecule has 1 aliphatic heterocycles. The van der Waals surface area contributed by atoms with Gasteiger partial charge in [-0.25, -0.2) is 0 Å². The first-order valence-electron chi connectivity index (χ1n) is 5.94. The van der Waals surface area contributed by atoms with Crippen LogP contribution < -0.4 is 5.32 Å². The summed E-state index contributed by atoms with van der Waals surface area (Å²) in [5, 5.41) is 3.06. The fraction of sp³-hybridized carbons (Fsp3) is 0.385. The van der Waals surface area contributed by atoms with Crippen LogP contribution in [0.25, 0.3) is 0 Å². The third-order valence-electron chi connectivity index (χ3n) is 3.00. The van der Waals surface area contributed by atoms with Gasteiger partial charge in [-0.3, -0.25) is 9.59 Å². The number of amides is 2. The number of likely N-dealkylation sites (tertiary alicyclic amines) is 1. The molecule has 1 N–H and O–H groups in total. The normalized spacial score (nSPS) is 15.8. The minimum absolute atomic E-state index is 0.0401. The maximum absolute atomic E-state index is 11.9. The Bertz CT molecular complexity index is 472. The van der Waals surface area contributed by atoms with Crippen molar-refractivity contribution in [1.29, 1.82) is 0 Å². The van der Waals surface area contributed by atoms with E-state index in [1.807, 2.05) is 0 Å². The van der Waals surface area contributed by atoms with Crippen LogP contribution >= 0.6 is 11.6 Å². The zero-order valence-electron chi connectivity index (χ0n) is 10.1. The van der Waals surface area contributed by atoms with E-state index >= 15 is 0 Å². The molecular formula is C13H15ClN2O2. The average molecular weight is 267 g/mol. The van der Waals surface area contributed by atoms with Crippen molar-refractivity contribution in [2.75, 3.05) is 13.1 Å². The summed E-state index contributed by atoms with van der Waals surface area (Å²) < 4.78 is 0. The number of carbonyl (C=O) groups is 2. The molecule has 0 spiro atoms. The number of rotatable bonds is 3. The molecule has 1 aromatic carbocycles. The van der Waals surface area contributed by atoms with E-state index < -0.39 is 6.04 Å². The lowest BCUT2D eigenvalue weighted by Crippen LogP contribution is -2.51. The molecule has 0 aromatic heterocycles. The zero-order chi connectivity index (χ0) is 13.1. The first-order chi connectivity index (χ1) is 8.59. The van der Waals surface area contributed by atoms with E-state index in [9.17, 15) is 9.59 Å². The van der Waals surface area contributed by atoms with E-state index in [-0.39, 0.29) is 11.8 Å². The van der Waals surface area contributed by atoms with Crippen molar-refractivity contribution in [3.8, 4) is 0 Å². The monoisotopic (exact) mass is 266 g/mol. The molecule has 2 rings (SSSR count). The van der Waals surface area contributed by atoms with Crippen LogP contribution in [0.2, 0.25) is 5.02 Å². The van der Waals surface area contributed by atoms with E-state index in [2.05, 4.69) is 5.32 Å². The number of hydrogen-bond acceptors (Lipinski definition) is 2. The van der Waals surface area contributed by atoms with E-state index in [1.54, 1.807) is 36.1 Å². The van der Waals surface area contributed by atoms with Crippen LogP contribution in [0, 0.1) is 0 Å². The lowest BCUT2D eigenvalue weighted by atomic mass is 10.1. The Balaban J connectivity index is 1.98. The van der Waals surface area contributed by atoms with Crippen molar-refractivity contribution in [3.05, 3.63) is 34.9 Å². The van der Waals surface area contributed by atoms with Crippen LogP contribution in [0.15, 0.2) is 24.3 Å². The molecule has 96 valence electrons. The summed E-state index contributed by atoms with van der Waals surface area (Å²) in [5.41, 5.74) is 0.391. The number of carbonyl (C=O) groups excluding carboxylic acids is 2. The molecule has 1 unspecified atom stereocenters. The summed E-state index contributed by atoms with van der Waals surface area (Å²) in [6.07, 6.45) is 1.04. The van der Waals surface area contributed by atoms with Crippen LogP contribution in [0.1, 0.15) is 23.7 Å². The topological polar surface area (TPSA) is 49.4 Å². The lowest BCUT2D eigenvalue weighted by Gasteiger charge is -2.33. The maximum Gasteiger partial charge on any atom is 0.253 e. The van der Waals surface area contributed by atoms with Gasteiger partial charge in [0.2, 0.25) is 5.91 Å². The number of hydrogen-bond donors (Lipinski definition) is 1. The van der Waals surface area contributed by atoms with Crippen LogP contribution in [-0.2, 0) is 4.79 Å². The van der Waals surface area contributed by atoms with Gasteiger partial charge in [0, 0.05) is 13.1 Å². The van der Waals surface area contributed by atoms with Crippen LogP contribution in [0.5, 0.6) is 0 Å². The average Bonchev–Trinajstić information content (AvgIpc) is 2.26. The first kappa shape index (κ1) is 12.9. The number of nitrogens with one attached hydrogen (secondary N) is 1. The van der Waals surface area contributed by atoms with Gasteiger partial charge in [-0.05, 0) is 25.5 Å². The Hall–Kier alpha value is -1.55. The molecule has 4 nitrogen and oxygen atoms in total. The molecule has 1 fully saturated rings. The quantitative estimate of drug-likeness (QED) is 0.905. The molecule has 1 aromatic rings. The molecule has 0 bridgehead atoms. The maximum atomic E-state index is 11.9. The second-order valence-corrected chi connectivity index (χ2v) is 4.76. The highest BCUT2D eigenvalue weighted by Gasteiger charge is 2.26. The summed E-state index contributed by atoms with van der Waals surface area (Å²) in [4.78, 5) is 25.5. The molecule has 0 radical (unpaired) electrons. The predicted octanol–water partition coefficient (Wildman–Crippen LogP) is 1.69. The van der Waals surface area contributed by atoms with Gasteiger partial charge >= 0.3 is 0 Å². The fourth-order valence-electron chi connectivity index (χ4n) is 1.79. The van der Waals surface area contributed by atoms with Gasteiger partial charge in [0.25, 0.3) is 5.91 Å². The van der Waals surface area contributed by atoms with Gasteiger partial charge < -0.3 is 10.2 Å². The van der Waals surface area contributed by atoms with Gasteiger partial charge in [0.15, 0.2) is 0 Å². The molecule has 5 heteroatoms. The lowest BCUT2D eigenvalue weighted by molar-refractivity contribution is -0.136. The molecule has 18 heavy (non-hydrogen) atoms. The van der Waals surface area contributed by atoms with Crippen molar-refractivity contribution in [3.63, 3.8) is 0 Å². The number of benzene rings is 1. The molecule has 0 saturated carbocycles. The Morgan fingerprint density at radius 3 is 2.56 bits per heavy atom. The second kappa shape index (κ2) is 5.40. The van der Waals surface area contributed by atoms with Gasteiger partial charge in [-0.15, -0.1) is 0 Å². The van der Waals surface area contributed by atoms with Crippen molar-refractivity contribution in [2.45, 2.75) is 19.4 Å². The number of halogens is 1. The Labute approximate surface area is 111 Å².